The molecular formula is C23H21FN4O3. The van der Waals surface area contributed by atoms with Gasteiger partial charge in [0.1, 0.15) is 11.6 Å². The van der Waals surface area contributed by atoms with Gasteiger partial charge in [-0.05, 0) is 48.9 Å². The summed E-state index contributed by atoms with van der Waals surface area (Å²) in [5.74, 6) is 0.948. The Bertz CT molecular complexity index is 1150. The maximum absolute atomic E-state index is 13.9. The van der Waals surface area contributed by atoms with E-state index in [4.69, 9.17) is 9.26 Å². The maximum atomic E-state index is 13.9. The topological polar surface area (TPSA) is 80.5 Å². The molecule has 0 bridgehead atoms. The van der Waals surface area contributed by atoms with Gasteiger partial charge in [-0.1, -0.05) is 23.4 Å². The van der Waals surface area contributed by atoms with Gasteiger partial charge >= 0.3 is 6.03 Å². The fraction of sp³-hybridized carbons (Fsp3) is 0.174. The molecule has 1 atom stereocenters. The Labute approximate surface area is 178 Å². The molecular weight excluding hydrogens is 399 g/mol. The van der Waals surface area contributed by atoms with Crippen molar-refractivity contribution >= 4 is 11.6 Å². The van der Waals surface area contributed by atoms with E-state index in [0.29, 0.717) is 35.0 Å². The van der Waals surface area contributed by atoms with E-state index < -0.39 is 11.9 Å². The van der Waals surface area contributed by atoms with Crippen molar-refractivity contribution in [3.05, 3.63) is 84.2 Å². The molecule has 2 heterocycles. The lowest BCUT2D eigenvalue weighted by Gasteiger charge is -2.34. The van der Waals surface area contributed by atoms with Crippen molar-refractivity contribution in [2.75, 3.05) is 13.7 Å². The highest BCUT2D eigenvalue weighted by Crippen LogP contribution is 2.37. The zero-order chi connectivity index (χ0) is 22.0. The van der Waals surface area contributed by atoms with E-state index in [-0.39, 0.29) is 11.9 Å². The monoisotopic (exact) mass is 420 g/mol. The van der Waals surface area contributed by atoms with Crippen LogP contribution in [0.5, 0.6) is 5.75 Å². The first-order valence-electron chi connectivity index (χ1n) is 9.65. The first-order valence-corrected chi connectivity index (χ1v) is 9.65. The fourth-order valence-electron chi connectivity index (χ4n) is 3.53. The number of aromatic nitrogens is 2. The summed E-state index contributed by atoms with van der Waals surface area (Å²) in [5, 5.41) is 7.01. The number of benzene rings is 2. The van der Waals surface area contributed by atoms with Gasteiger partial charge in [0, 0.05) is 17.8 Å². The molecule has 0 fully saturated rings. The Morgan fingerprint density at radius 1 is 1.29 bits per heavy atom. The second kappa shape index (κ2) is 8.43. The molecule has 0 saturated heterocycles. The number of urea groups is 1. The number of ether oxygens (including phenoxy) is 1. The summed E-state index contributed by atoms with van der Waals surface area (Å²) in [6.07, 6.45) is 1.62. The van der Waals surface area contributed by atoms with Crippen molar-refractivity contribution < 1.29 is 18.4 Å². The third-order valence-corrected chi connectivity index (χ3v) is 5.09. The van der Waals surface area contributed by atoms with Crippen molar-refractivity contribution in [3.63, 3.8) is 0 Å². The molecule has 2 aromatic carbocycles. The lowest BCUT2D eigenvalue weighted by atomic mass is 9.94. The number of methoxy groups -OCH3 is 1. The molecule has 0 aliphatic carbocycles. The van der Waals surface area contributed by atoms with Crippen molar-refractivity contribution in [3.8, 4) is 17.1 Å². The minimum Gasteiger partial charge on any atom is -0.497 e. The third kappa shape index (κ3) is 3.92. The van der Waals surface area contributed by atoms with Crippen LogP contribution >= 0.6 is 0 Å². The SMILES string of the molecule is C=CCN1C(=O)NC(c2cccc(F)c2)C(c2nc(-c3ccc(OC)cc3)no2)=C1C. The van der Waals surface area contributed by atoms with E-state index in [1.54, 1.807) is 44.4 Å². The molecule has 0 saturated carbocycles. The van der Waals surface area contributed by atoms with Crippen LogP contribution in [0.2, 0.25) is 0 Å². The van der Waals surface area contributed by atoms with Gasteiger partial charge in [-0.3, -0.25) is 4.90 Å². The average Bonchev–Trinajstić information content (AvgIpc) is 3.26. The first-order chi connectivity index (χ1) is 15.0. The van der Waals surface area contributed by atoms with Gasteiger partial charge in [-0.25, -0.2) is 9.18 Å². The zero-order valence-corrected chi connectivity index (χ0v) is 17.1. The van der Waals surface area contributed by atoms with Crippen molar-refractivity contribution in [2.45, 2.75) is 13.0 Å². The summed E-state index contributed by atoms with van der Waals surface area (Å²) in [5.41, 5.74) is 2.55. The quantitative estimate of drug-likeness (QED) is 0.591. The normalized spacial score (nSPS) is 16.3. The van der Waals surface area contributed by atoms with E-state index in [2.05, 4.69) is 22.0 Å². The van der Waals surface area contributed by atoms with Gasteiger partial charge < -0.3 is 14.6 Å². The summed E-state index contributed by atoms with van der Waals surface area (Å²) in [6, 6.07) is 12.4. The van der Waals surface area contributed by atoms with Gasteiger partial charge in [-0.15, -0.1) is 6.58 Å². The lowest BCUT2D eigenvalue weighted by molar-refractivity contribution is 0.209. The summed E-state index contributed by atoms with van der Waals surface area (Å²) in [4.78, 5) is 18.8. The molecule has 1 aliphatic rings. The Morgan fingerprint density at radius 3 is 2.74 bits per heavy atom. The zero-order valence-electron chi connectivity index (χ0n) is 17.1. The molecule has 2 amide bonds. The van der Waals surface area contributed by atoms with E-state index in [9.17, 15) is 9.18 Å². The lowest BCUT2D eigenvalue weighted by Crippen LogP contribution is -2.46. The summed E-state index contributed by atoms with van der Waals surface area (Å²) in [7, 11) is 1.59. The van der Waals surface area contributed by atoms with Gasteiger partial charge in [0.15, 0.2) is 0 Å². The van der Waals surface area contributed by atoms with Crippen LogP contribution in [0.1, 0.15) is 24.4 Å². The van der Waals surface area contributed by atoms with Crippen molar-refractivity contribution in [2.24, 2.45) is 0 Å². The molecule has 158 valence electrons. The van der Waals surface area contributed by atoms with Crippen molar-refractivity contribution in [1.29, 1.82) is 0 Å². The van der Waals surface area contributed by atoms with Crippen LogP contribution in [0.25, 0.3) is 17.0 Å². The molecule has 4 rings (SSSR count). The van der Waals surface area contributed by atoms with Crippen LogP contribution in [0.3, 0.4) is 0 Å². The molecule has 3 aromatic rings. The predicted molar refractivity (Wildman–Crippen MR) is 113 cm³/mol. The second-order valence-corrected chi connectivity index (χ2v) is 6.99. The molecule has 1 aromatic heterocycles. The fourth-order valence-corrected chi connectivity index (χ4v) is 3.53. The number of halogens is 1. The minimum absolute atomic E-state index is 0.242. The minimum atomic E-state index is -0.645. The summed E-state index contributed by atoms with van der Waals surface area (Å²) >= 11 is 0. The highest BCUT2D eigenvalue weighted by Gasteiger charge is 2.35. The maximum Gasteiger partial charge on any atom is 0.322 e. The van der Waals surface area contributed by atoms with Gasteiger partial charge in [0.25, 0.3) is 5.89 Å². The van der Waals surface area contributed by atoms with Gasteiger partial charge in [0.05, 0.1) is 18.7 Å². The number of nitrogens with one attached hydrogen (secondary N) is 1. The van der Waals surface area contributed by atoms with E-state index in [0.717, 1.165) is 5.56 Å². The van der Waals surface area contributed by atoms with Crippen LogP contribution in [0.15, 0.2) is 71.4 Å². The number of nitrogens with zero attached hydrogens (tertiary/aromatic N) is 3. The smallest absolute Gasteiger partial charge is 0.322 e. The Hall–Kier alpha value is -3.94. The molecule has 1 unspecified atom stereocenters. The van der Waals surface area contributed by atoms with Crippen LogP contribution in [-0.4, -0.2) is 34.7 Å². The summed E-state index contributed by atoms with van der Waals surface area (Å²) < 4.78 is 24.7. The number of hydrogen-bond donors (Lipinski definition) is 1. The van der Waals surface area contributed by atoms with Crippen LogP contribution in [0.4, 0.5) is 9.18 Å². The highest BCUT2D eigenvalue weighted by molar-refractivity contribution is 5.87. The highest BCUT2D eigenvalue weighted by atomic mass is 19.1. The molecule has 31 heavy (non-hydrogen) atoms. The molecule has 0 radical (unpaired) electrons. The Balaban J connectivity index is 1.80. The van der Waals surface area contributed by atoms with Gasteiger partial charge in [-0.2, -0.15) is 4.98 Å². The number of amides is 2. The molecule has 8 heteroatoms. The number of carbonyl (C=O) groups excluding carboxylic acids is 1. The van der Waals surface area contributed by atoms with Crippen LogP contribution in [0, 0.1) is 5.82 Å². The number of hydrogen-bond acceptors (Lipinski definition) is 5. The number of rotatable bonds is 6. The van der Waals surface area contributed by atoms with Crippen molar-refractivity contribution in [1.82, 2.24) is 20.4 Å². The summed E-state index contributed by atoms with van der Waals surface area (Å²) in [6.45, 7) is 5.81. The number of allylic oxidation sites excluding steroid dienone is 1. The Morgan fingerprint density at radius 2 is 2.06 bits per heavy atom. The van der Waals surface area contributed by atoms with E-state index in [1.807, 2.05) is 12.1 Å². The van der Waals surface area contributed by atoms with Crippen LogP contribution in [-0.2, 0) is 0 Å². The third-order valence-electron chi connectivity index (χ3n) is 5.09. The van der Waals surface area contributed by atoms with E-state index >= 15 is 0 Å². The first kappa shape index (κ1) is 20.3. The largest absolute Gasteiger partial charge is 0.497 e. The Kier molecular flexibility index (Phi) is 5.53. The predicted octanol–water partition coefficient (Wildman–Crippen LogP) is 4.57. The van der Waals surface area contributed by atoms with Gasteiger partial charge in [0.2, 0.25) is 5.82 Å². The molecule has 7 nitrogen and oxygen atoms in total. The number of carbonyl (C=O) groups is 1. The molecule has 0 spiro atoms. The van der Waals surface area contributed by atoms with Crippen LogP contribution < -0.4 is 10.1 Å². The van der Waals surface area contributed by atoms with E-state index in [1.165, 1.54) is 17.0 Å². The second-order valence-electron chi connectivity index (χ2n) is 6.99. The molecule has 1 aliphatic heterocycles. The average molecular weight is 420 g/mol. The standard InChI is InChI=1S/C23H21FN4O3/c1-4-12-28-14(2)19(20(25-23(28)29)16-6-5-7-17(24)13-16)22-26-21(27-31-22)15-8-10-18(30-3)11-9-15/h4-11,13,20H,1,12H2,2-3H3,(H,25,29). The molecule has 1 N–H and O–H groups in total.